The predicted molar refractivity (Wildman–Crippen MR) is 138 cm³/mol. The number of aromatic hydroxyl groups is 1. The lowest BCUT2D eigenvalue weighted by atomic mass is 9.92. The molecule has 3 fully saturated rings. The van der Waals surface area contributed by atoms with E-state index in [1.54, 1.807) is 12.1 Å². The van der Waals surface area contributed by atoms with Gasteiger partial charge in [0.2, 0.25) is 5.91 Å². The molecular weight excluding hydrogens is 442 g/mol. The van der Waals surface area contributed by atoms with E-state index in [0.29, 0.717) is 42.1 Å². The molecule has 1 aromatic carbocycles. The molecule has 0 radical (unpaired) electrons. The number of piperazine rings is 1. The zero-order valence-corrected chi connectivity index (χ0v) is 20.6. The standard InChI is InChI=1S/C26H37N7O2/c1-27-25-23(18-22(29-30-25)21-4-2-3-5-24(21)34)32-14-16-33(17-15-32)26(35)19-8-12-31(13-9-19)20-6-10-28-11-7-20/h2-5,18-20,28,34H,6-17H2,1H3,(H,27,30). The number of piperidine rings is 2. The zero-order chi connectivity index (χ0) is 24.2. The number of phenolic OH excluding ortho intramolecular Hbond substituents is 1. The number of rotatable bonds is 5. The molecule has 3 aliphatic heterocycles. The number of anilines is 2. The first-order chi connectivity index (χ1) is 17.1. The number of nitrogens with one attached hydrogen (secondary N) is 2. The van der Waals surface area contributed by atoms with E-state index >= 15 is 0 Å². The first kappa shape index (κ1) is 23.8. The van der Waals surface area contributed by atoms with Crippen molar-refractivity contribution in [3.8, 4) is 17.0 Å². The number of hydrogen-bond acceptors (Lipinski definition) is 8. The Kier molecular flexibility index (Phi) is 7.34. The van der Waals surface area contributed by atoms with Crippen LogP contribution in [0.1, 0.15) is 25.7 Å². The molecule has 0 aliphatic carbocycles. The van der Waals surface area contributed by atoms with Gasteiger partial charge in [-0.3, -0.25) is 4.79 Å². The van der Waals surface area contributed by atoms with Crippen LogP contribution in [-0.4, -0.2) is 96.5 Å². The second-order valence-electron chi connectivity index (χ2n) is 9.83. The minimum atomic E-state index is 0.155. The topological polar surface area (TPSA) is 96.9 Å². The van der Waals surface area contributed by atoms with Crippen LogP contribution in [0.15, 0.2) is 30.3 Å². The first-order valence-electron chi connectivity index (χ1n) is 13.0. The monoisotopic (exact) mass is 479 g/mol. The number of benzene rings is 1. The second-order valence-corrected chi connectivity index (χ2v) is 9.83. The van der Waals surface area contributed by atoms with Crippen LogP contribution in [0.5, 0.6) is 5.75 Å². The van der Waals surface area contributed by atoms with Gasteiger partial charge in [0, 0.05) is 50.7 Å². The molecule has 0 unspecified atom stereocenters. The third-order valence-corrected chi connectivity index (χ3v) is 7.83. The Balaban J connectivity index is 1.19. The smallest absolute Gasteiger partial charge is 0.225 e. The average molecular weight is 480 g/mol. The molecule has 4 heterocycles. The average Bonchev–Trinajstić information content (AvgIpc) is 2.93. The van der Waals surface area contributed by atoms with Gasteiger partial charge in [0.1, 0.15) is 5.75 Å². The van der Waals surface area contributed by atoms with Gasteiger partial charge in [0.25, 0.3) is 0 Å². The van der Waals surface area contributed by atoms with E-state index in [0.717, 1.165) is 57.8 Å². The number of nitrogens with zero attached hydrogens (tertiary/aromatic N) is 5. The van der Waals surface area contributed by atoms with E-state index in [1.807, 2.05) is 25.2 Å². The van der Waals surface area contributed by atoms with Crippen molar-refractivity contribution in [2.75, 3.05) is 69.6 Å². The summed E-state index contributed by atoms with van der Waals surface area (Å²) < 4.78 is 0. The maximum Gasteiger partial charge on any atom is 0.225 e. The summed E-state index contributed by atoms with van der Waals surface area (Å²) in [5.74, 6) is 1.37. The van der Waals surface area contributed by atoms with Gasteiger partial charge < -0.3 is 30.4 Å². The number of carbonyl (C=O) groups excluding carboxylic acids is 1. The fraction of sp³-hybridized carbons (Fsp3) is 0.577. The molecule has 0 spiro atoms. The van der Waals surface area contributed by atoms with Crippen molar-refractivity contribution in [1.29, 1.82) is 0 Å². The van der Waals surface area contributed by atoms with Gasteiger partial charge in [-0.25, -0.2) is 0 Å². The SMILES string of the molecule is CNc1nnc(-c2ccccc2O)cc1N1CCN(C(=O)C2CCN(C3CCNCC3)CC2)CC1. The Morgan fingerprint density at radius 3 is 2.40 bits per heavy atom. The molecule has 9 nitrogen and oxygen atoms in total. The van der Waals surface area contributed by atoms with Crippen LogP contribution in [0.2, 0.25) is 0 Å². The summed E-state index contributed by atoms with van der Waals surface area (Å²) in [4.78, 5) is 20.2. The highest BCUT2D eigenvalue weighted by Gasteiger charge is 2.33. The molecule has 3 aliphatic rings. The van der Waals surface area contributed by atoms with Gasteiger partial charge in [-0.15, -0.1) is 10.2 Å². The van der Waals surface area contributed by atoms with E-state index in [4.69, 9.17) is 0 Å². The summed E-state index contributed by atoms with van der Waals surface area (Å²) in [5, 5.41) is 25.5. The molecular formula is C26H37N7O2. The minimum absolute atomic E-state index is 0.155. The summed E-state index contributed by atoms with van der Waals surface area (Å²) in [5.41, 5.74) is 2.24. The van der Waals surface area contributed by atoms with Crippen molar-refractivity contribution in [1.82, 2.24) is 25.3 Å². The highest BCUT2D eigenvalue weighted by Crippen LogP contribution is 2.33. The summed E-state index contributed by atoms with van der Waals surface area (Å²) in [7, 11) is 1.84. The zero-order valence-electron chi connectivity index (χ0n) is 20.6. The van der Waals surface area contributed by atoms with Crippen LogP contribution in [0.25, 0.3) is 11.3 Å². The molecule has 3 saturated heterocycles. The van der Waals surface area contributed by atoms with E-state index in [2.05, 4.69) is 35.5 Å². The molecule has 2 aromatic rings. The highest BCUT2D eigenvalue weighted by molar-refractivity contribution is 5.80. The number of carbonyl (C=O) groups is 1. The van der Waals surface area contributed by atoms with Crippen LogP contribution in [0.4, 0.5) is 11.5 Å². The van der Waals surface area contributed by atoms with E-state index in [-0.39, 0.29) is 11.7 Å². The van der Waals surface area contributed by atoms with Gasteiger partial charge in [-0.05, 0) is 70.1 Å². The maximum atomic E-state index is 13.3. The Hall–Kier alpha value is -2.91. The van der Waals surface area contributed by atoms with Crippen LogP contribution in [0, 0.1) is 5.92 Å². The molecule has 9 heteroatoms. The van der Waals surface area contributed by atoms with Crippen LogP contribution >= 0.6 is 0 Å². The number of aromatic nitrogens is 2. The lowest BCUT2D eigenvalue weighted by molar-refractivity contribution is -0.137. The van der Waals surface area contributed by atoms with Gasteiger partial charge in [-0.2, -0.15) is 0 Å². The van der Waals surface area contributed by atoms with Crippen molar-refractivity contribution >= 4 is 17.4 Å². The molecule has 5 rings (SSSR count). The predicted octanol–water partition coefficient (Wildman–Crippen LogP) is 2.00. The van der Waals surface area contributed by atoms with Gasteiger partial charge in [-0.1, -0.05) is 12.1 Å². The van der Waals surface area contributed by atoms with Gasteiger partial charge >= 0.3 is 0 Å². The number of likely N-dealkylation sites (tertiary alicyclic amines) is 1. The number of hydrogen-bond donors (Lipinski definition) is 3. The van der Waals surface area contributed by atoms with E-state index in [1.165, 1.54) is 12.8 Å². The molecule has 0 saturated carbocycles. The second kappa shape index (κ2) is 10.8. The summed E-state index contributed by atoms with van der Waals surface area (Å²) in [6, 6.07) is 9.83. The fourth-order valence-corrected chi connectivity index (χ4v) is 5.73. The fourth-order valence-electron chi connectivity index (χ4n) is 5.73. The number of phenols is 1. The molecule has 0 bridgehead atoms. The lowest BCUT2D eigenvalue weighted by Gasteiger charge is -2.41. The number of amides is 1. The normalized spacial score (nSPS) is 20.7. The van der Waals surface area contributed by atoms with Crippen LogP contribution in [-0.2, 0) is 4.79 Å². The van der Waals surface area contributed by atoms with E-state index in [9.17, 15) is 9.90 Å². The Morgan fingerprint density at radius 1 is 1.00 bits per heavy atom. The van der Waals surface area contributed by atoms with Crippen molar-refractivity contribution in [3.05, 3.63) is 30.3 Å². The van der Waals surface area contributed by atoms with Crippen molar-refractivity contribution < 1.29 is 9.90 Å². The van der Waals surface area contributed by atoms with Crippen LogP contribution in [0.3, 0.4) is 0 Å². The van der Waals surface area contributed by atoms with E-state index < -0.39 is 0 Å². The Morgan fingerprint density at radius 2 is 1.71 bits per heavy atom. The summed E-state index contributed by atoms with van der Waals surface area (Å²) >= 11 is 0. The lowest BCUT2D eigenvalue weighted by Crippen LogP contribution is -2.53. The number of para-hydroxylation sites is 1. The first-order valence-corrected chi connectivity index (χ1v) is 13.0. The molecule has 1 amide bonds. The molecule has 3 N–H and O–H groups in total. The third-order valence-electron chi connectivity index (χ3n) is 7.83. The summed E-state index contributed by atoms with van der Waals surface area (Å²) in [6.45, 7) is 7.25. The molecule has 35 heavy (non-hydrogen) atoms. The highest BCUT2D eigenvalue weighted by atomic mass is 16.3. The summed E-state index contributed by atoms with van der Waals surface area (Å²) in [6.07, 6.45) is 4.41. The van der Waals surface area contributed by atoms with Crippen molar-refractivity contribution in [3.63, 3.8) is 0 Å². The molecule has 0 atom stereocenters. The van der Waals surface area contributed by atoms with Crippen molar-refractivity contribution in [2.45, 2.75) is 31.7 Å². The minimum Gasteiger partial charge on any atom is -0.507 e. The largest absolute Gasteiger partial charge is 0.507 e. The Labute approximate surface area is 207 Å². The van der Waals surface area contributed by atoms with Gasteiger partial charge in [0.05, 0.1) is 11.4 Å². The van der Waals surface area contributed by atoms with Crippen molar-refractivity contribution in [2.24, 2.45) is 5.92 Å². The quantitative estimate of drug-likeness (QED) is 0.599. The maximum absolute atomic E-state index is 13.3. The Bertz CT molecular complexity index is 1010. The van der Waals surface area contributed by atoms with Gasteiger partial charge in [0.15, 0.2) is 5.82 Å². The third kappa shape index (κ3) is 5.21. The molecule has 1 aromatic heterocycles. The van der Waals surface area contributed by atoms with Crippen LogP contribution < -0.4 is 15.5 Å². The molecule has 188 valence electrons.